The summed E-state index contributed by atoms with van der Waals surface area (Å²) in [6.07, 6.45) is 3.14. The van der Waals surface area contributed by atoms with Crippen molar-refractivity contribution in [3.8, 4) is 0 Å². The van der Waals surface area contributed by atoms with Gasteiger partial charge in [0.15, 0.2) is 0 Å². The number of hydrogen-bond acceptors (Lipinski definition) is 5. The number of benzene rings is 1. The number of amides is 1. The largest absolute Gasteiger partial charge is 0.381 e. The van der Waals surface area contributed by atoms with Gasteiger partial charge < -0.3 is 20.4 Å². The Morgan fingerprint density at radius 3 is 2.52 bits per heavy atom. The third-order valence-corrected chi connectivity index (χ3v) is 5.15. The van der Waals surface area contributed by atoms with Gasteiger partial charge in [0.05, 0.1) is 17.3 Å². The number of primary amides is 1. The van der Waals surface area contributed by atoms with Crippen LogP contribution in [0.1, 0.15) is 36.5 Å². The van der Waals surface area contributed by atoms with Gasteiger partial charge in [0.25, 0.3) is 5.91 Å². The predicted octanol–water partition coefficient (Wildman–Crippen LogP) is 1.71. The molecule has 1 amide bonds. The molecule has 138 valence electrons. The van der Waals surface area contributed by atoms with Gasteiger partial charge in [-0.3, -0.25) is 4.79 Å². The van der Waals surface area contributed by atoms with Gasteiger partial charge >= 0.3 is 0 Å². The van der Waals surface area contributed by atoms with Crippen LogP contribution in [0.2, 0.25) is 0 Å². The molecule has 2 aliphatic heterocycles. The number of ether oxygens (including phenoxy) is 1. The molecular weight excluding hydrogens is 316 g/mol. The lowest BCUT2D eigenvalue weighted by Gasteiger charge is -2.47. The minimum absolute atomic E-state index is 0.354. The van der Waals surface area contributed by atoms with Crippen LogP contribution >= 0.6 is 0 Å². The standard InChI is InChI=1S/C19H30N4O2/c1-2-9-21-10-12-22(13-11-21)23(16-7-14-25-15-8-16)18-6-4-3-5-17(18)19(20)24/h3-6,16H,2,7-15H2,1H3,(H2,20,24). The minimum atomic E-state index is -0.364. The number of nitrogens with two attached hydrogens (primary N) is 1. The molecule has 0 unspecified atom stereocenters. The quantitative estimate of drug-likeness (QED) is 0.850. The molecule has 2 fully saturated rings. The van der Waals surface area contributed by atoms with E-state index in [4.69, 9.17) is 10.5 Å². The Balaban J connectivity index is 1.85. The molecule has 6 nitrogen and oxygen atoms in total. The Labute approximate surface area is 150 Å². The maximum absolute atomic E-state index is 12.0. The fraction of sp³-hybridized carbons (Fsp3) is 0.632. The Morgan fingerprint density at radius 2 is 1.88 bits per heavy atom. The van der Waals surface area contributed by atoms with Crippen molar-refractivity contribution < 1.29 is 9.53 Å². The third-order valence-electron chi connectivity index (χ3n) is 5.15. The fourth-order valence-corrected chi connectivity index (χ4v) is 3.88. The Morgan fingerprint density at radius 1 is 1.20 bits per heavy atom. The van der Waals surface area contributed by atoms with Gasteiger partial charge in [-0.1, -0.05) is 19.1 Å². The average Bonchev–Trinajstić information content (AvgIpc) is 2.65. The Hall–Kier alpha value is -1.63. The lowest BCUT2D eigenvalue weighted by Crippen LogP contribution is -2.58. The van der Waals surface area contributed by atoms with Gasteiger partial charge in [-0.25, -0.2) is 5.01 Å². The molecule has 0 radical (unpaired) electrons. The van der Waals surface area contributed by atoms with Crippen LogP contribution in [0.3, 0.4) is 0 Å². The lowest BCUT2D eigenvalue weighted by molar-refractivity contribution is 0.0539. The van der Waals surface area contributed by atoms with Crippen LogP contribution in [-0.4, -0.2) is 67.8 Å². The molecule has 25 heavy (non-hydrogen) atoms. The van der Waals surface area contributed by atoms with Gasteiger partial charge in [0.1, 0.15) is 0 Å². The van der Waals surface area contributed by atoms with E-state index in [1.165, 1.54) is 6.42 Å². The fourth-order valence-electron chi connectivity index (χ4n) is 3.88. The van der Waals surface area contributed by atoms with E-state index in [9.17, 15) is 4.79 Å². The van der Waals surface area contributed by atoms with Gasteiger partial charge in [-0.05, 0) is 37.9 Å². The number of hydrogen-bond donors (Lipinski definition) is 1. The van der Waals surface area contributed by atoms with Crippen molar-refractivity contribution in [3.63, 3.8) is 0 Å². The van der Waals surface area contributed by atoms with Gasteiger partial charge in [-0.2, -0.15) is 0 Å². The normalized spacial score (nSPS) is 20.5. The summed E-state index contributed by atoms with van der Waals surface area (Å²) in [4.78, 5) is 14.5. The molecule has 2 heterocycles. The molecule has 3 rings (SSSR count). The van der Waals surface area contributed by atoms with Crippen molar-refractivity contribution in [3.05, 3.63) is 29.8 Å². The van der Waals surface area contributed by atoms with Crippen LogP contribution in [0.25, 0.3) is 0 Å². The average molecular weight is 346 g/mol. The van der Waals surface area contributed by atoms with Crippen LogP contribution < -0.4 is 10.7 Å². The molecule has 2 aliphatic rings. The van der Waals surface area contributed by atoms with E-state index in [-0.39, 0.29) is 5.91 Å². The zero-order chi connectivity index (χ0) is 17.6. The first-order chi connectivity index (χ1) is 12.2. The Kier molecular flexibility index (Phi) is 6.29. The van der Waals surface area contributed by atoms with Crippen LogP contribution in [0.5, 0.6) is 0 Å². The van der Waals surface area contributed by atoms with E-state index in [2.05, 4.69) is 21.8 Å². The topological polar surface area (TPSA) is 62.0 Å². The van der Waals surface area contributed by atoms with E-state index >= 15 is 0 Å². The van der Waals surface area contributed by atoms with Crippen molar-refractivity contribution in [1.82, 2.24) is 9.91 Å². The molecule has 0 aromatic heterocycles. The molecule has 0 atom stereocenters. The molecule has 6 heteroatoms. The Bertz CT molecular complexity index is 566. The van der Waals surface area contributed by atoms with E-state index in [1.54, 1.807) is 0 Å². The molecule has 0 saturated carbocycles. The van der Waals surface area contributed by atoms with Crippen LogP contribution in [0, 0.1) is 0 Å². The number of nitrogens with zero attached hydrogens (tertiary/aromatic N) is 3. The summed E-state index contributed by atoms with van der Waals surface area (Å²) in [6.45, 7) is 9.01. The minimum Gasteiger partial charge on any atom is -0.381 e. The summed E-state index contributed by atoms with van der Waals surface area (Å²) in [6, 6.07) is 8.07. The van der Waals surface area contributed by atoms with E-state index in [0.29, 0.717) is 11.6 Å². The number of carbonyl (C=O) groups is 1. The number of carbonyl (C=O) groups excluding carboxylic acids is 1. The van der Waals surface area contributed by atoms with Crippen LogP contribution in [-0.2, 0) is 4.74 Å². The highest BCUT2D eigenvalue weighted by Gasteiger charge is 2.31. The molecule has 1 aromatic carbocycles. The van der Waals surface area contributed by atoms with E-state index < -0.39 is 0 Å². The molecule has 0 bridgehead atoms. The third kappa shape index (κ3) is 4.32. The van der Waals surface area contributed by atoms with Crippen molar-refractivity contribution in [2.75, 3.05) is 50.9 Å². The van der Waals surface area contributed by atoms with Gasteiger partial charge in [-0.15, -0.1) is 0 Å². The summed E-state index contributed by atoms with van der Waals surface area (Å²) < 4.78 is 5.55. The number of anilines is 1. The first-order valence-corrected chi connectivity index (χ1v) is 9.43. The summed E-state index contributed by atoms with van der Waals surface area (Å²) >= 11 is 0. The first kappa shape index (κ1) is 18.2. The molecule has 2 saturated heterocycles. The zero-order valence-corrected chi connectivity index (χ0v) is 15.2. The molecule has 1 aromatic rings. The molecule has 0 aliphatic carbocycles. The van der Waals surface area contributed by atoms with Crippen molar-refractivity contribution in [2.24, 2.45) is 5.73 Å². The summed E-state index contributed by atoms with van der Waals surface area (Å²) in [7, 11) is 0. The number of rotatable bonds is 6. The van der Waals surface area contributed by atoms with E-state index in [0.717, 1.165) is 64.5 Å². The molecular formula is C19H30N4O2. The van der Waals surface area contributed by atoms with E-state index in [1.807, 2.05) is 24.3 Å². The van der Waals surface area contributed by atoms with Gasteiger partial charge in [0, 0.05) is 39.4 Å². The van der Waals surface area contributed by atoms with Crippen molar-refractivity contribution in [1.29, 1.82) is 0 Å². The number of piperazine rings is 1. The maximum atomic E-state index is 12.0. The maximum Gasteiger partial charge on any atom is 0.250 e. The number of hydrazine groups is 1. The zero-order valence-electron chi connectivity index (χ0n) is 15.2. The van der Waals surface area contributed by atoms with Crippen LogP contribution in [0.4, 0.5) is 5.69 Å². The second-order valence-corrected chi connectivity index (χ2v) is 6.86. The first-order valence-electron chi connectivity index (χ1n) is 9.43. The highest BCUT2D eigenvalue weighted by Crippen LogP contribution is 2.29. The van der Waals surface area contributed by atoms with Crippen LogP contribution in [0.15, 0.2) is 24.3 Å². The molecule has 2 N–H and O–H groups in total. The smallest absolute Gasteiger partial charge is 0.250 e. The highest BCUT2D eigenvalue weighted by atomic mass is 16.5. The predicted molar refractivity (Wildman–Crippen MR) is 99.6 cm³/mol. The number of para-hydroxylation sites is 1. The highest BCUT2D eigenvalue weighted by molar-refractivity contribution is 5.98. The van der Waals surface area contributed by atoms with Gasteiger partial charge in [0.2, 0.25) is 0 Å². The monoisotopic (exact) mass is 346 g/mol. The lowest BCUT2D eigenvalue weighted by atomic mass is 10.1. The SMILES string of the molecule is CCCN1CCN(N(c2ccccc2C(N)=O)C2CCOCC2)CC1. The summed E-state index contributed by atoms with van der Waals surface area (Å²) in [5, 5.41) is 4.75. The van der Waals surface area contributed by atoms with Crippen molar-refractivity contribution in [2.45, 2.75) is 32.2 Å². The molecule has 0 spiro atoms. The summed E-state index contributed by atoms with van der Waals surface area (Å²) in [5.74, 6) is -0.364. The summed E-state index contributed by atoms with van der Waals surface area (Å²) in [5.41, 5.74) is 7.19. The second kappa shape index (κ2) is 8.65. The second-order valence-electron chi connectivity index (χ2n) is 6.86. The van der Waals surface area contributed by atoms with Crippen molar-refractivity contribution >= 4 is 11.6 Å².